The van der Waals surface area contributed by atoms with Gasteiger partial charge in [-0.15, -0.1) is 0 Å². The number of amides is 1. The molecule has 3 heterocycles. The fourth-order valence-electron chi connectivity index (χ4n) is 6.36. The molecule has 4 rings (SSSR count). The molecule has 0 aromatic heterocycles. The number of carbonyl (C=O) groups excluding carboxylic acids is 1. The molecule has 50 heavy (non-hydrogen) atoms. The van der Waals surface area contributed by atoms with E-state index in [9.17, 15) is 35.4 Å². The van der Waals surface area contributed by atoms with Gasteiger partial charge in [0, 0.05) is 25.7 Å². The predicted molar refractivity (Wildman–Crippen MR) is 170 cm³/mol. The quantitative estimate of drug-likeness (QED) is 0.0519. The van der Waals surface area contributed by atoms with Crippen molar-refractivity contribution in [2.75, 3.05) is 39.4 Å². The Morgan fingerprint density at radius 1 is 0.840 bits per heavy atom. The Morgan fingerprint density at radius 2 is 1.52 bits per heavy atom. The van der Waals surface area contributed by atoms with E-state index in [4.69, 9.17) is 62.2 Å². The van der Waals surface area contributed by atoms with Crippen molar-refractivity contribution in [1.82, 2.24) is 10.6 Å². The molecule has 4 aliphatic rings. The van der Waals surface area contributed by atoms with E-state index in [0.29, 0.717) is 13.1 Å². The third-order valence-corrected chi connectivity index (χ3v) is 9.22. The fourth-order valence-corrected chi connectivity index (χ4v) is 6.36. The van der Waals surface area contributed by atoms with Gasteiger partial charge < -0.3 is 103 Å². The minimum absolute atomic E-state index is 0.0327. The number of nitrogens with one attached hydrogen (secondary N) is 2. The smallest absolute Gasteiger partial charge is 0.249 e. The van der Waals surface area contributed by atoms with Gasteiger partial charge in [0.05, 0.1) is 37.4 Å². The van der Waals surface area contributed by atoms with Crippen molar-refractivity contribution in [3.8, 4) is 0 Å². The van der Waals surface area contributed by atoms with Crippen LogP contribution < -0.4 is 39.3 Å². The average molecular weight is 726 g/mol. The highest BCUT2D eigenvalue weighted by Gasteiger charge is 2.54. The van der Waals surface area contributed by atoms with E-state index in [0.717, 1.165) is 0 Å². The Hall–Kier alpha value is -1.55. The Morgan fingerprint density at radius 3 is 2.18 bits per heavy atom. The molecule has 0 spiro atoms. The number of nitrogens with two attached hydrogens (primary N) is 5. The van der Waals surface area contributed by atoms with Crippen molar-refractivity contribution in [1.29, 1.82) is 0 Å². The topological polar surface area (TPSA) is 368 Å². The largest absolute Gasteiger partial charge is 0.395 e. The molecular weight excluding hydrogens is 670 g/mol. The Kier molecular flexibility index (Phi) is 15.6. The van der Waals surface area contributed by atoms with E-state index in [1.807, 2.05) is 0 Å². The summed E-state index contributed by atoms with van der Waals surface area (Å²) in [6, 6.07) is -4.05. The SMILES string of the molecule is NCC[C@@H](O)C(=O)N[C@@H]1C[C@H](N)[C@@H](O[C@H]2O[C@H](CNCCO)C=C[C@H]2N)[C@H](O[C@@H]2O[C@H](CO)[C@@H](O[C@H]3O[C@@H](CN)[C@@H](O)[C@H](O)[C@H]3N)[C@H]2O)[C@H]1O. The Bertz CT molecular complexity index is 1090. The maximum atomic E-state index is 12.7. The number of aliphatic hydroxyl groups excluding tert-OH is 7. The normalized spacial score (nSPS) is 44.3. The van der Waals surface area contributed by atoms with Gasteiger partial charge in [-0.05, 0) is 19.4 Å². The molecule has 0 aromatic rings. The first-order valence-electron chi connectivity index (χ1n) is 16.8. The van der Waals surface area contributed by atoms with Crippen molar-refractivity contribution < 1.29 is 69.0 Å². The lowest BCUT2D eigenvalue weighted by molar-refractivity contribution is -0.284. The summed E-state index contributed by atoms with van der Waals surface area (Å²) in [5, 5.41) is 78.5. The number of ether oxygens (including phenoxy) is 6. The molecule has 2 saturated heterocycles. The molecule has 1 saturated carbocycles. The van der Waals surface area contributed by atoms with Crippen molar-refractivity contribution in [3.63, 3.8) is 0 Å². The fraction of sp³-hybridized carbons (Fsp3) is 0.897. The van der Waals surface area contributed by atoms with Gasteiger partial charge in [-0.3, -0.25) is 4.79 Å². The van der Waals surface area contributed by atoms with Gasteiger partial charge in [0.15, 0.2) is 18.9 Å². The number of rotatable bonds is 16. The molecule has 21 heteroatoms. The van der Waals surface area contributed by atoms with Crippen molar-refractivity contribution >= 4 is 5.91 Å². The number of aliphatic hydroxyl groups is 7. The molecule has 290 valence electrons. The lowest BCUT2D eigenvalue weighted by Crippen LogP contribution is -2.67. The van der Waals surface area contributed by atoms with Gasteiger partial charge in [-0.1, -0.05) is 12.2 Å². The Balaban J connectivity index is 1.54. The van der Waals surface area contributed by atoms with Crippen LogP contribution in [-0.4, -0.2) is 191 Å². The maximum absolute atomic E-state index is 12.7. The summed E-state index contributed by atoms with van der Waals surface area (Å²) >= 11 is 0. The predicted octanol–water partition coefficient (Wildman–Crippen LogP) is -8.57. The zero-order valence-electron chi connectivity index (χ0n) is 27.6. The van der Waals surface area contributed by atoms with Crippen LogP contribution in [0.2, 0.25) is 0 Å². The first-order valence-corrected chi connectivity index (χ1v) is 16.8. The molecule has 3 fully saturated rings. The van der Waals surface area contributed by atoms with E-state index < -0.39 is 123 Å². The lowest BCUT2D eigenvalue weighted by Gasteiger charge is -2.46. The summed E-state index contributed by atoms with van der Waals surface area (Å²) in [4.78, 5) is 12.7. The van der Waals surface area contributed by atoms with Crippen molar-refractivity contribution in [3.05, 3.63) is 12.2 Å². The molecule has 21 nitrogen and oxygen atoms in total. The summed E-state index contributed by atoms with van der Waals surface area (Å²) in [5.74, 6) is -0.802. The highest BCUT2D eigenvalue weighted by atomic mass is 16.8. The minimum atomic E-state index is -1.66. The van der Waals surface area contributed by atoms with E-state index in [1.54, 1.807) is 12.2 Å². The molecule has 0 bridgehead atoms. The minimum Gasteiger partial charge on any atom is -0.395 e. The van der Waals surface area contributed by atoms with E-state index in [-0.39, 0.29) is 32.5 Å². The number of hydrogen-bond donors (Lipinski definition) is 14. The molecule has 1 aliphatic carbocycles. The van der Waals surface area contributed by atoms with E-state index in [1.165, 1.54) is 0 Å². The summed E-state index contributed by atoms with van der Waals surface area (Å²) in [7, 11) is 0. The molecule has 0 unspecified atom stereocenters. The highest BCUT2D eigenvalue weighted by molar-refractivity contribution is 5.80. The summed E-state index contributed by atoms with van der Waals surface area (Å²) in [5.41, 5.74) is 30.0. The highest BCUT2D eigenvalue weighted by Crippen LogP contribution is 2.34. The van der Waals surface area contributed by atoms with Crippen LogP contribution in [-0.2, 0) is 33.2 Å². The average Bonchev–Trinajstić information content (AvgIpc) is 3.39. The third-order valence-electron chi connectivity index (χ3n) is 9.22. The van der Waals surface area contributed by atoms with Crippen molar-refractivity contribution in [2.24, 2.45) is 28.7 Å². The van der Waals surface area contributed by atoms with Gasteiger partial charge >= 0.3 is 0 Å². The van der Waals surface area contributed by atoms with Crippen LogP contribution in [0.5, 0.6) is 0 Å². The molecule has 1 amide bonds. The second-order valence-electron chi connectivity index (χ2n) is 12.9. The van der Waals surface area contributed by atoms with E-state index in [2.05, 4.69) is 10.6 Å². The van der Waals surface area contributed by atoms with Crippen LogP contribution in [0, 0.1) is 0 Å². The Labute approximate surface area is 288 Å². The lowest BCUT2D eigenvalue weighted by atomic mass is 9.83. The molecule has 3 aliphatic heterocycles. The van der Waals surface area contributed by atoms with Crippen LogP contribution in [0.1, 0.15) is 12.8 Å². The van der Waals surface area contributed by atoms with Gasteiger partial charge in [0.25, 0.3) is 0 Å². The van der Waals surface area contributed by atoms with E-state index >= 15 is 0 Å². The first kappa shape index (κ1) is 41.2. The molecule has 0 radical (unpaired) electrons. The number of hydrogen-bond acceptors (Lipinski definition) is 20. The van der Waals surface area contributed by atoms with Gasteiger partial charge in [-0.2, -0.15) is 0 Å². The summed E-state index contributed by atoms with van der Waals surface area (Å²) in [6.07, 6.45) is -15.1. The molecule has 19 N–H and O–H groups in total. The van der Waals surface area contributed by atoms with Gasteiger partial charge in [0.1, 0.15) is 61.0 Å². The van der Waals surface area contributed by atoms with Crippen LogP contribution in [0.3, 0.4) is 0 Å². The zero-order valence-corrected chi connectivity index (χ0v) is 27.6. The first-order chi connectivity index (χ1) is 23.8. The summed E-state index contributed by atoms with van der Waals surface area (Å²) < 4.78 is 35.7. The molecular formula is C29H55N7O14. The van der Waals surface area contributed by atoms with Crippen LogP contribution >= 0.6 is 0 Å². The monoisotopic (exact) mass is 725 g/mol. The second kappa shape index (κ2) is 19.0. The zero-order chi connectivity index (χ0) is 36.7. The van der Waals surface area contributed by atoms with Crippen LogP contribution in [0.15, 0.2) is 12.2 Å². The molecule has 18 atom stereocenters. The maximum Gasteiger partial charge on any atom is 0.249 e. The van der Waals surface area contributed by atoms with Crippen molar-refractivity contribution in [2.45, 2.75) is 123 Å². The summed E-state index contributed by atoms with van der Waals surface area (Å²) in [6.45, 7) is -0.261. The van der Waals surface area contributed by atoms with Crippen LogP contribution in [0.4, 0.5) is 0 Å². The van der Waals surface area contributed by atoms with Gasteiger partial charge in [-0.25, -0.2) is 0 Å². The van der Waals surface area contributed by atoms with Crippen LogP contribution in [0.25, 0.3) is 0 Å². The third kappa shape index (κ3) is 9.70. The van der Waals surface area contributed by atoms with Gasteiger partial charge in [0.2, 0.25) is 5.91 Å². The molecule has 0 aromatic carbocycles. The second-order valence-corrected chi connectivity index (χ2v) is 12.9. The standard InChI is InChI=1S/C29H55N7O14/c30-4-3-15(39)26(44)36-14-7-13(33)23(48-27-12(32)2-1-11(45-27)9-35-5-6-37)25(19(14)40)50-29-22(43)24(17(10-38)47-29)49-28-18(34)21(42)20(41)16(8-31)46-28/h1-2,11-25,27-29,35,37-43H,3-10,30-34H2,(H,36,44)/t11-,12+,13-,14+,15+,16-,17+,18+,19-,20+,21+,22+,23+,24+,25+,27+,28+,29-/m0/s1. The number of carbonyl (C=O) groups is 1.